The van der Waals surface area contributed by atoms with Gasteiger partial charge in [-0.3, -0.25) is 9.59 Å². The summed E-state index contributed by atoms with van der Waals surface area (Å²) in [4.78, 5) is 27.7. The van der Waals surface area contributed by atoms with Crippen molar-refractivity contribution in [3.63, 3.8) is 0 Å². The molecule has 1 aliphatic rings. The van der Waals surface area contributed by atoms with Crippen LogP contribution in [0, 0.1) is 6.92 Å². The Morgan fingerprint density at radius 3 is 2.29 bits per heavy atom. The Morgan fingerprint density at radius 1 is 1.03 bits per heavy atom. The zero-order chi connectivity index (χ0) is 25.7. The van der Waals surface area contributed by atoms with Gasteiger partial charge >= 0.3 is 0 Å². The Hall–Kier alpha value is -3.32. The predicted octanol–water partition coefficient (Wildman–Crippen LogP) is 5.03. The molecule has 1 saturated heterocycles. The lowest BCUT2D eigenvalue weighted by atomic mass is 9.94. The van der Waals surface area contributed by atoms with E-state index in [-0.39, 0.29) is 36.7 Å². The molecule has 1 N–H and O–H groups in total. The van der Waals surface area contributed by atoms with Gasteiger partial charge in [0.15, 0.2) is 0 Å². The number of hydrogen-bond acceptors (Lipinski definition) is 6. The van der Waals surface area contributed by atoms with Crippen LogP contribution in [0.5, 0.6) is 11.5 Å². The van der Waals surface area contributed by atoms with Gasteiger partial charge in [-0.15, -0.1) is 0 Å². The van der Waals surface area contributed by atoms with E-state index in [9.17, 15) is 14.7 Å². The van der Waals surface area contributed by atoms with Crippen molar-refractivity contribution in [2.75, 3.05) is 19.8 Å². The largest absolute Gasteiger partial charge is 0.507 e. The molecule has 1 unspecified atom stereocenters. The molecule has 1 atom stereocenters. The number of aryl methyl sites for hydroxylation is 1. The van der Waals surface area contributed by atoms with Crippen LogP contribution in [0.1, 0.15) is 57.4 Å². The number of aliphatic hydroxyl groups excluding tert-OH is 1. The third-order valence-corrected chi connectivity index (χ3v) is 5.64. The number of ether oxygens (including phenoxy) is 3. The van der Waals surface area contributed by atoms with Gasteiger partial charge in [0, 0.05) is 12.1 Å². The molecular formula is C28H35NO6. The van der Waals surface area contributed by atoms with Gasteiger partial charge < -0.3 is 24.2 Å². The molecule has 0 spiro atoms. The van der Waals surface area contributed by atoms with Crippen LogP contribution in [0.25, 0.3) is 5.76 Å². The second-order valence-electron chi connectivity index (χ2n) is 9.06. The number of hydrogen-bond donors (Lipinski definition) is 1. The van der Waals surface area contributed by atoms with Crippen LogP contribution in [-0.4, -0.2) is 53.7 Å². The van der Waals surface area contributed by atoms with Gasteiger partial charge in [-0.2, -0.15) is 0 Å². The highest BCUT2D eigenvalue weighted by Crippen LogP contribution is 2.40. The monoisotopic (exact) mass is 481 g/mol. The maximum atomic E-state index is 13.2. The first kappa shape index (κ1) is 26.3. The SMILES string of the molecule is CCOc1ccc(C2/C(=C(/O)c3ccc(OC(C)C)c(C)c3)C(=O)C(=O)N2CCOC(C)C)cc1. The number of benzene rings is 2. The molecule has 1 amide bonds. The predicted molar refractivity (Wildman–Crippen MR) is 135 cm³/mol. The van der Waals surface area contributed by atoms with Crippen molar-refractivity contribution < 1.29 is 28.9 Å². The highest BCUT2D eigenvalue weighted by molar-refractivity contribution is 6.46. The van der Waals surface area contributed by atoms with Crippen LogP contribution in [0.15, 0.2) is 48.0 Å². The highest BCUT2D eigenvalue weighted by Gasteiger charge is 2.46. The van der Waals surface area contributed by atoms with Gasteiger partial charge in [-0.1, -0.05) is 12.1 Å². The van der Waals surface area contributed by atoms with Crippen LogP contribution in [0.2, 0.25) is 0 Å². The summed E-state index contributed by atoms with van der Waals surface area (Å²) >= 11 is 0. The van der Waals surface area contributed by atoms with Crippen LogP contribution < -0.4 is 9.47 Å². The molecule has 1 fully saturated rings. The Kier molecular flexibility index (Phi) is 8.57. The van der Waals surface area contributed by atoms with E-state index in [2.05, 4.69) is 0 Å². The third kappa shape index (κ3) is 6.03. The molecule has 0 radical (unpaired) electrons. The van der Waals surface area contributed by atoms with Gasteiger partial charge in [0.05, 0.1) is 37.0 Å². The van der Waals surface area contributed by atoms with Gasteiger partial charge in [-0.05, 0) is 83.0 Å². The second-order valence-corrected chi connectivity index (χ2v) is 9.06. The Labute approximate surface area is 207 Å². The summed E-state index contributed by atoms with van der Waals surface area (Å²) in [6, 6.07) is 11.7. The lowest BCUT2D eigenvalue weighted by Gasteiger charge is -2.26. The topological polar surface area (TPSA) is 85.3 Å². The minimum absolute atomic E-state index is 0.00573. The van der Waals surface area contributed by atoms with Crippen molar-refractivity contribution in [3.05, 3.63) is 64.7 Å². The average molecular weight is 482 g/mol. The summed E-state index contributed by atoms with van der Waals surface area (Å²) in [7, 11) is 0. The fourth-order valence-corrected chi connectivity index (χ4v) is 4.10. The lowest BCUT2D eigenvalue weighted by molar-refractivity contribution is -0.140. The second kappa shape index (κ2) is 11.4. The first-order chi connectivity index (χ1) is 16.6. The molecule has 35 heavy (non-hydrogen) atoms. The summed E-state index contributed by atoms with van der Waals surface area (Å²) in [5, 5.41) is 11.3. The van der Waals surface area contributed by atoms with E-state index in [0.29, 0.717) is 29.2 Å². The molecule has 0 bridgehead atoms. The van der Waals surface area contributed by atoms with Gasteiger partial charge in [0.2, 0.25) is 0 Å². The zero-order valence-corrected chi connectivity index (χ0v) is 21.3. The maximum Gasteiger partial charge on any atom is 0.295 e. The van der Waals surface area contributed by atoms with E-state index in [1.807, 2.05) is 53.7 Å². The van der Waals surface area contributed by atoms with E-state index in [1.165, 1.54) is 4.90 Å². The first-order valence-corrected chi connectivity index (χ1v) is 12.0. The number of carbonyl (C=O) groups excluding carboxylic acids is 2. The molecule has 7 nitrogen and oxygen atoms in total. The number of aliphatic hydroxyl groups is 1. The van der Waals surface area contributed by atoms with Gasteiger partial charge in [0.1, 0.15) is 17.3 Å². The fourth-order valence-electron chi connectivity index (χ4n) is 4.10. The van der Waals surface area contributed by atoms with Crippen LogP contribution in [0.4, 0.5) is 0 Å². The molecule has 188 valence electrons. The van der Waals surface area contributed by atoms with Crippen LogP contribution in [-0.2, 0) is 14.3 Å². The van der Waals surface area contributed by atoms with E-state index in [0.717, 1.165) is 5.56 Å². The number of rotatable bonds is 10. The summed E-state index contributed by atoms with van der Waals surface area (Å²) in [6.45, 7) is 12.5. The summed E-state index contributed by atoms with van der Waals surface area (Å²) in [5.74, 6) is -0.201. The molecule has 1 heterocycles. The number of carbonyl (C=O) groups is 2. The Bertz CT molecular complexity index is 1090. The lowest BCUT2D eigenvalue weighted by Crippen LogP contribution is -2.33. The smallest absolute Gasteiger partial charge is 0.295 e. The third-order valence-electron chi connectivity index (χ3n) is 5.64. The number of nitrogens with zero attached hydrogens (tertiary/aromatic N) is 1. The van der Waals surface area contributed by atoms with E-state index in [1.54, 1.807) is 30.3 Å². The van der Waals surface area contributed by atoms with Crippen LogP contribution in [0.3, 0.4) is 0 Å². The molecule has 3 rings (SSSR count). The number of ketones is 1. The van der Waals surface area contributed by atoms with Crippen molar-refractivity contribution in [2.45, 2.75) is 59.8 Å². The Balaban J connectivity index is 2.06. The average Bonchev–Trinajstić information content (AvgIpc) is 3.05. The van der Waals surface area contributed by atoms with Crippen molar-refractivity contribution >= 4 is 17.4 Å². The summed E-state index contributed by atoms with van der Waals surface area (Å²) in [6.07, 6.45) is -0.00325. The number of amides is 1. The number of Topliss-reactive ketones (excluding diaryl/α,β-unsaturated/α-hetero) is 1. The first-order valence-electron chi connectivity index (χ1n) is 12.0. The van der Waals surface area contributed by atoms with Gasteiger partial charge in [-0.25, -0.2) is 0 Å². The fraction of sp³-hybridized carbons (Fsp3) is 0.429. The standard InChI is InChI=1S/C28H35NO6/c1-7-33-22-11-8-20(9-12-22)25-24(27(31)28(32)29(25)14-15-34-17(2)3)26(30)21-10-13-23(19(6)16-21)35-18(4)5/h8-13,16-18,25,30H,7,14-15H2,1-6H3/b26-24-. The maximum absolute atomic E-state index is 13.2. The molecule has 0 saturated carbocycles. The molecule has 0 aromatic heterocycles. The number of likely N-dealkylation sites (tertiary alicyclic amines) is 1. The molecule has 2 aromatic rings. The summed E-state index contributed by atoms with van der Waals surface area (Å²) in [5.41, 5.74) is 2.03. The van der Waals surface area contributed by atoms with Gasteiger partial charge in [0.25, 0.3) is 11.7 Å². The minimum atomic E-state index is -0.742. The molecule has 7 heteroatoms. The van der Waals surface area contributed by atoms with Crippen molar-refractivity contribution in [1.29, 1.82) is 0 Å². The molecule has 0 aliphatic carbocycles. The van der Waals surface area contributed by atoms with Crippen molar-refractivity contribution in [3.8, 4) is 11.5 Å². The van der Waals surface area contributed by atoms with Crippen molar-refractivity contribution in [2.24, 2.45) is 0 Å². The quantitative estimate of drug-likeness (QED) is 0.291. The van der Waals surface area contributed by atoms with E-state index >= 15 is 0 Å². The highest BCUT2D eigenvalue weighted by atomic mass is 16.5. The van der Waals surface area contributed by atoms with E-state index in [4.69, 9.17) is 14.2 Å². The van der Waals surface area contributed by atoms with Crippen molar-refractivity contribution in [1.82, 2.24) is 4.90 Å². The summed E-state index contributed by atoms with van der Waals surface area (Å²) < 4.78 is 17.0. The molecule has 1 aliphatic heterocycles. The minimum Gasteiger partial charge on any atom is -0.507 e. The Morgan fingerprint density at radius 2 is 1.71 bits per heavy atom. The molecule has 2 aromatic carbocycles. The van der Waals surface area contributed by atoms with Crippen LogP contribution >= 0.6 is 0 Å². The molecular weight excluding hydrogens is 446 g/mol. The zero-order valence-electron chi connectivity index (χ0n) is 21.3. The normalized spacial score (nSPS) is 17.5. The van der Waals surface area contributed by atoms with E-state index < -0.39 is 17.7 Å².